The quantitative estimate of drug-likeness (QED) is 0.0341. The molecule has 0 saturated heterocycles. The number of hydrogen-bond acceptors (Lipinski definition) is 5. The number of unbranched alkanes of at least 4 members (excludes halogenated alkanes) is 12. The van der Waals surface area contributed by atoms with Crippen molar-refractivity contribution in [3.63, 3.8) is 0 Å². The molecule has 3 unspecified atom stereocenters. The van der Waals surface area contributed by atoms with Crippen LogP contribution in [0.4, 0.5) is 0 Å². The summed E-state index contributed by atoms with van der Waals surface area (Å²) < 4.78 is 5.82. The number of hydrogen-bond donors (Lipinski definition) is 3. The molecule has 6 nitrogen and oxygen atoms in total. The Morgan fingerprint density at radius 2 is 1.02 bits per heavy atom. The van der Waals surface area contributed by atoms with Crippen molar-refractivity contribution in [1.82, 2.24) is 5.32 Å². The van der Waals surface area contributed by atoms with E-state index in [2.05, 4.69) is 50.4 Å². The zero-order valence-electron chi connectivity index (χ0n) is 34.3. The van der Waals surface area contributed by atoms with Gasteiger partial charge in [0.1, 0.15) is 6.10 Å². The summed E-state index contributed by atoms with van der Waals surface area (Å²) in [6, 6.07) is -0.736. The summed E-state index contributed by atoms with van der Waals surface area (Å²) in [6.07, 6.45) is 54.4. The third-order valence-electron chi connectivity index (χ3n) is 8.82. The molecule has 0 aromatic rings. The molecule has 0 aliphatic rings. The fourth-order valence-corrected chi connectivity index (χ4v) is 5.64. The molecule has 1 amide bonds. The number of nitrogens with one attached hydrogen (secondary N) is 1. The summed E-state index contributed by atoms with van der Waals surface area (Å²) in [5, 5.41) is 23.5. The summed E-state index contributed by atoms with van der Waals surface area (Å²) >= 11 is 0. The average molecular weight is 748 g/mol. The molecule has 0 radical (unpaired) electrons. The van der Waals surface area contributed by atoms with Gasteiger partial charge in [-0.2, -0.15) is 0 Å². The van der Waals surface area contributed by atoms with Crippen molar-refractivity contribution in [1.29, 1.82) is 0 Å². The maximum atomic E-state index is 13.1. The molecule has 54 heavy (non-hydrogen) atoms. The minimum absolute atomic E-state index is 0.00632. The Morgan fingerprint density at radius 1 is 0.556 bits per heavy atom. The number of amides is 1. The second-order valence-corrected chi connectivity index (χ2v) is 13.8. The van der Waals surface area contributed by atoms with E-state index in [1.165, 1.54) is 38.5 Å². The minimum atomic E-state index is -0.816. The Bertz CT molecular complexity index is 1160. The van der Waals surface area contributed by atoms with Crippen LogP contribution in [0, 0.1) is 0 Å². The van der Waals surface area contributed by atoms with Crippen molar-refractivity contribution in [2.75, 3.05) is 6.61 Å². The van der Waals surface area contributed by atoms with E-state index < -0.39 is 18.2 Å². The van der Waals surface area contributed by atoms with Crippen molar-refractivity contribution >= 4 is 11.9 Å². The molecule has 304 valence electrons. The van der Waals surface area contributed by atoms with Gasteiger partial charge in [-0.25, -0.2) is 0 Å². The van der Waals surface area contributed by atoms with Crippen molar-refractivity contribution in [3.8, 4) is 0 Å². The number of carbonyl (C=O) groups is 2. The fourth-order valence-electron chi connectivity index (χ4n) is 5.64. The monoisotopic (exact) mass is 748 g/mol. The maximum absolute atomic E-state index is 13.1. The standard InChI is InChI=1S/C48H77NO5/c1-4-7-10-13-16-19-21-22-23-24-26-29-32-35-38-41-48(53)54-44(39-36-33-30-28-25-20-17-14-11-8-5-2)42-47(52)49-45(43-50)46(51)40-37-34-31-27-18-15-12-9-6-3/h7-8,10-11,13-14,16-17,19-26,28,30,44-46,50-51H,4-6,9,12,15,18,27,29,31-43H2,1-3H3,(H,49,52)/b10-7+,11-8+,16-13+,17-14+,21-19-,23-22-,25-20-,26-24+,30-28-. The first-order valence-corrected chi connectivity index (χ1v) is 21.2. The summed E-state index contributed by atoms with van der Waals surface area (Å²) in [6.45, 7) is 6.10. The molecule has 0 fully saturated rings. The molecule has 0 aliphatic heterocycles. The first kappa shape index (κ1) is 50.5. The molecule has 3 N–H and O–H groups in total. The van der Waals surface area contributed by atoms with Crippen LogP contribution in [0.15, 0.2) is 109 Å². The number of aliphatic hydroxyl groups excluding tert-OH is 2. The van der Waals surface area contributed by atoms with Crippen LogP contribution in [-0.2, 0) is 14.3 Å². The van der Waals surface area contributed by atoms with Gasteiger partial charge in [0.2, 0.25) is 5.91 Å². The van der Waals surface area contributed by atoms with E-state index >= 15 is 0 Å². The van der Waals surface area contributed by atoms with Gasteiger partial charge in [0.15, 0.2) is 0 Å². The van der Waals surface area contributed by atoms with E-state index in [0.717, 1.165) is 70.6 Å². The van der Waals surface area contributed by atoms with Gasteiger partial charge in [0.05, 0.1) is 25.2 Å². The van der Waals surface area contributed by atoms with Crippen LogP contribution in [0.1, 0.15) is 156 Å². The van der Waals surface area contributed by atoms with E-state index in [0.29, 0.717) is 19.3 Å². The van der Waals surface area contributed by atoms with Crippen LogP contribution in [0.3, 0.4) is 0 Å². The summed E-state index contributed by atoms with van der Waals surface area (Å²) in [7, 11) is 0. The molecule has 0 aromatic carbocycles. The zero-order chi connectivity index (χ0) is 39.6. The molecule has 0 spiro atoms. The Labute approximate surface area is 330 Å². The van der Waals surface area contributed by atoms with E-state index in [9.17, 15) is 19.8 Å². The summed E-state index contributed by atoms with van der Waals surface area (Å²) in [5.41, 5.74) is 0. The van der Waals surface area contributed by atoms with Crippen molar-refractivity contribution < 1.29 is 24.5 Å². The highest BCUT2D eigenvalue weighted by Gasteiger charge is 2.23. The molecule has 0 heterocycles. The Kier molecular flexibility index (Phi) is 38.1. The number of esters is 1. The maximum Gasteiger partial charge on any atom is 0.306 e. The van der Waals surface area contributed by atoms with Gasteiger partial charge in [0, 0.05) is 6.42 Å². The lowest BCUT2D eigenvalue weighted by molar-refractivity contribution is -0.151. The van der Waals surface area contributed by atoms with Gasteiger partial charge in [-0.3, -0.25) is 9.59 Å². The predicted octanol–water partition coefficient (Wildman–Crippen LogP) is 12.0. The van der Waals surface area contributed by atoms with Gasteiger partial charge in [-0.15, -0.1) is 0 Å². The van der Waals surface area contributed by atoms with Gasteiger partial charge < -0.3 is 20.3 Å². The molecule has 0 aromatic heterocycles. The van der Waals surface area contributed by atoms with E-state index in [4.69, 9.17) is 4.74 Å². The Morgan fingerprint density at radius 3 is 1.54 bits per heavy atom. The predicted molar refractivity (Wildman–Crippen MR) is 231 cm³/mol. The molecule has 0 bridgehead atoms. The van der Waals surface area contributed by atoms with Crippen LogP contribution in [0.25, 0.3) is 0 Å². The third-order valence-corrected chi connectivity index (χ3v) is 8.82. The molecular weight excluding hydrogens is 671 g/mol. The van der Waals surface area contributed by atoms with Gasteiger partial charge >= 0.3 is 5.97 Å². The van der Waals surface area contributed by atoms with Crippen LogP contribution < -0.4 is 5.32 Å². The number of ether oxygens (including phenoxy) is 1. The van der Waals surface area contributed by atoms with Gasteiger partial charge in [-0.1, -0.05) is 194 Å². The van der Waals surface area contributed by atoms with E-state index in [1.807, 2.05) is 85.1 Å². The largest absolute Gasteiger partial charge is 0.462 e. The van der Waals surface area contributed by atoms with Crippen LogP contribution in [-0.4, -0.2) is 46.9 Å². The lowest BCUT2D eigenvalue weighted by Crippen LogP contribution is -2.46. The highest BCUT2D eigenvalue weighted by atomic mass is 16.5. The average Bonchev–Trinajstić information content (AvgIpc) is 3.16. The smallest absolute Gasteiger partial charge is 0.306 e. The molecule has 0 saturated carbocycles. The topological polar surface area (TPSA) is 95.9 Å². The van der Waals surface area contributed by atoms with E-state index in [1.54, 1.807) is 0 Å². The Hall–Kier alpha value is -3.48. The van der Waals surface area contributed by atoms with Crippen LogP contribution in [0.5, 0.6) is 0 Å². The lowest BCUT2D eigenvalue weighted by Gasteiger charge is -2.24. The van der Waals surface area contributed by atoms with Gasteiger partial charge in [-0.05, 0) is 57.8 Å². The first-order valence-electron chi connectivity index (χ1n) is 21.2. The molecule has 3 atom stereocenters. The molecular formula is C48H77NO5. The first-order chi connectivity index (χ1) is 26.5. The number of rotatable bonds is 35. The minimum Gasteiger partial charge on any atom is -0.462 e. The second-order valence-electron chi connectivity index (χ2n) is 13.8. The highest BCUT2D eigenvalue weighted by molar-refractivity contribution is 5.77. The number of allylic oxidation sites excluding steroid dienone is 18. The highest BCUT2D eigenvalue weighted by Crippen LogP contribution is 2.15. The van der Waals surface area contributed by atoms with Gasteiger partial charge in [0.25, 0.3) is 0 Å². The SMILES string of the molecule is CC/C=C/C=C/C=C\C=C/C=C/CCCCCC(=O)OC(CCC\C=C/C=C\C=C\C=C\CC)CC(=O)NC(CO)C(O)CCCCCCCCCCC. The normalized spacial score (nSPS) is 14.5. The molecule has 0 rings (SSSR count). The third kappa shape index (κ3) is 35.5. The zero-order valence-corrected chi connectivity index (χ0v) is 34.3. The van der Waals surface area contributed by atoms with Crippen molar-refractivity contribution in [2.45, 2.75) is 174 Å². The lowest BCUT2D eigenvalue weighted by atomic mass is 10.0. The second kappa shape index (κ2) is 40.7. The molecule has 6 heteroatoms. The summed E-state index contributed by atoms with van der Waals surface area (Å²) in [4.78, 5) is 25.9. The number of aliphatic hydroxyl groups is 2. The van der Waals surface area contributed by atoms with Crippen LogP contribution >= 0.6 is 0 Å². The summed E-state index contributed by atoms with van der Waals surface area (Å²) in [5.74, 6) is -0.610. The molecule has 0 aliphatic carbocycles. The van der Waals surface area contributed by atoms with E-state index in [-0.39, 0.29) is 24.9 Å². The number of carbonyl (C=O) groups excluding carboxylic acids is 2. The Balaban J connectivity index is 4.82. The van der Waals surface area contributed by atoms with Crippen LogP contribution in [0.2, 0.25) is 0 Å². The van der Waals surface area contributed by atoms with Crippen molar-refractivity contribution in [3.05, 3.63) is 109 Å². The van der Waals surface area contributed by atoms with Crippen molar-refractivity contribution in [2.24, 2.45) is 0 Å². The fraction of sp³-hybridized carbons (Fsp3) is 0.583.